The summed E-state index contributed by atoms with van der Waals surface area (Å²) in [6.07, 6.45) is 1.25. The minimum atomic E-state index is -0.617. The first-order chi connectivity index (χ1) is 13.7. The molecular formula is C21H16O8. The highest BCUT2D eigenvalue weighted by molar-refractivity contribution is 6.17. The van der Waals surface area contributed by atoms with Crippen molar-refractivity contribution >= 4 is 34.7 Å². The Morgan fingerprint density at radius 2 is 1.31 bits per heavy atom. The van der Waals surface area contributed by atoms with Gasteiger partial charge in [-0.1, -0.05) is 0 Å². The van der Waals surface area contributed by atoms with Gasteiger partial charge in [0.05, 0.1) is 11.1 Å². The minimum Gasteiger partial charge on any atom is -0.464 e. The van der Waals surface area contributed by atoms with E-state index in [-0.39, 0.29) is 28.4 Å². The fourth-order valence-electron chi connectivity index (χ4n) is 2.72. The summed E-state index contributed by atoms with van der Waals surface area (Å²) in [6, 6.07) is 8.66. The highest BCUT2D eigenvalue weighted by Gasteiger charge is 2.22. The number of ketones is 1. The maximum Gasteiger partial charge on any atom is 0.308 e. The number of fused-ring (bicyclic) bond motifs is 1. The third-order valence-corrected chi connectivity index (χ3v) is 3.76. The zero-order chi connectivity index (χ0) is 21.1. The number of hydrogen-bond donors (Lipinski definition) is 0. The number of esters is 3. The molecule has 3 aromatic rings. The molecule has 8 heteroatoms. The van der Waals surface area contributed by atoms with Gasteiger partial charge >= 0.3 is 17.9 Å². The molecule has 1 heterocycles. The van der Waals surface area contributed by atoms with Crippen molar-refractivity contribution in [2.75, 3.05) is 0 Å². The van der Waals surface area contributed by atoms with Crippen LogP contribution in [-0.2, 0) is 14.4 Å². The van der Waals surface area contributed by atoms with Crippen LogP contribution in [0, 0.1) is 0 Å². The van der Waals surface area contributed by atoms with Crippen LogP contribution in [0.25, 0.3) is 11.0 Å². The normalized spacial score (nSPS) is 10.4. The van der Waals surface area contributed by atoms with Gasteiger partial charge < -0.3 is 18.6 Å². The van der Waals surface area contributed by atoms with E-state index in [2.05, 4.69) is 0 Å². The molecule has 148 valence electrons. The molecule has 0 radical (unpaired) electrons. The first-order valence-corrected chi connectivity index (χ1v) is 8.50. The van der Waals surface area contributed by atoms with Crippen LogP contribution >= 0.6 is 0 Å². The zero-order valence-electron chi connectivity index (χ0n) is 15.8. The lowest BCUT2D eigenvalue weighted by Gasteiger charge is -2.10. The zero-order valence-corrected chi connectivity index (χ0v) is 15.8. The molecular weight excluding hydrogens is 380 g/mol. The van der Waals surface area contributed by atoms with Gasteiger partial charge in [0, 0.05) is 26.2 Å². The van der Waals surface area contributed by atoms with Gasteiger partial charge in [-0.05, 0) is 36.4 Å². The number of furan rings is 1. The van der Waals surface area contributed by atoms with Gasteiger partial charge in [-0.3, -0.25) is 19.2 Å². The van der Waals surface area contributed by atoms with Crippen LogP contribution in [0.2, 0.25) is 0 Å². The standard InChI is InChI=1S/C21H16O8/c1-11(22)27-14-4-6-19-16(8-14)18(10-26-19)21(25)17-9-15(28-12(2)23)5-7-20(17)29-13(3)24/h4-10H,1-3H3. The average Bonchev–Trinajstić information content (AvgIpc) is 3.04. The largest absolute Gasteiger partial charge is 0.464 e. The molecule has 0 atom stereocenters. The quantitative estimate of drug-likeness (QED) is 0.366. The fraction of sp³-hybridized carbons (Fsp3) is 0.143. The summed E-state index contributed by atoms with van der Waals surface area (Å²) in [5, 5.41) is 0.403. The van der Waals surface area contributed by atoms with Crippen molar-refractivity contribution in [3.8, 4) is 17.2 Å². The summed E-state index contributed by atoms with van der Waals surface area (Å²) >= 11 is 0. The van der Waals surface area contributed by atoms with Crippen LogP contribution in [0.5, 0.6) is 17.2 Å². The van der Waals surface area contributed by atoms with Crippen molar-refractivity contribution in [1.29, 1.82) is 0 Å². The van der Waals surface area contributed by atoms with E-state index in [1.54, 1.807) is 6.07 Å². The molecule has 3 rings (SSSR count). The molecule has 0 bridgehead atoms. The maximum absolute atomic E-state index is 13.2. The summed E-state index contributed by atoms with van der Waals surface area (Å²) in [4.78, 5) is 47.0. The number of rotatable bonds is 5. The van der Waals surface area contributed by atoms with Crippen LogP contribution in [-0.4, -0.2) is 23.7 Å². The highest BCUT2D eigenvalue weighted by atomic mass is 16.5. The van der Waals surface area contributed by atoms with Crippen molar-refractivity contribution in [2.24, 2.45) is 0 Å². The first kappa shape index (κ1) is 19.8. The van der Waals surface area contributed by atoms with Crippen LogP contribution in [0.1, 0.15) is 36.7 Å². The summed E-state index contributed by atoms with van der Waals surface area (Å²) in [5.41, 5.74) is 0.552. The summed E-state index contributed by atoms with van der Waals surface area (Å²) in [7, 11) is 0. The van der Waals surface area contributed by atoms with Gasteiger partial charge in [-0.15, -0.1) is 0 Å². The van der Waals surface area contributed by atoms with Crippen molar-refractivity contribution in [3.63, 3.8) is 0 Å². The Bertz CT molecular complexity index is 1140. The van der Waals surface area contributed by atoms with E-state index >= 15 is 0 Å². The lowest BCUT2D eigenvalue weighted by molar-refractivity contribution is -0.133. The van der Waals surface area contributed by atoms with E-state index in [1.165, 1.54) is 57.4 Å². The fourth-order valence-corrected chi connectivity index (χ4v) is 2.72. The van der Waals surface area contributed by atoms with E-state index in [9.17, 15) is 19.2 Å². The monoisotopic (exact) mass is 396 g/mol. The van der Waals surface area contributed by atoms with Gasteiger partial charge in [0.25, 0.3) is 0 Å². The highest BCUT2D eigenvalue weighted by Crippen LogP contribution is 2.32. The number of carbonyl (C=O) groups is 4. The van der Waals surface area contributed by atoms with Gasteiger partial charge in [-0.25, -0.2) is 0 Å². The van der Waals surface area contributed by atoms with Gasteiger partial charge in [0.1, 0.15) is 29.1 Å². The average molecular weight is 396 g/mol. The SMILES string of the molecule is CC(=O)Oc1ccc(OC(C)=O)c(C(=O)c2coc3ccc(OC(C)=O)cc23)c1. The Morgan fingerprint density at radius 1 is 0.724 bits per heavy atom. The van der Waals surface area contributed by atoms with Crippen LogP contribution < -0.4 is 14.2 Å². The van der Waals surface area contributed by atoms with E-state index in [1.807, 2.05) is 0 Å². The van der Waals surface area contributed by atoms with Crippen molar-refractivity contribution in [2.45, 2.75) is 20.8 Å². The Hall–Kier alpha value is -3.94. The molecule has 2 aromatic carbocycles. The van der Waals surface area contributed by atoms with Crippen molar-refractivity contribution in [1.82, 2.24) is 0 Å². The Labute approximate surface area is 165 Å². The Balaban J connectivity index is 2.09. The predicted molar refractivity (Wildman–Crippen MR) is 100 cm³/mol. The minimum absolute atomic E-state index is 0.000427. The van der Waals surface area contributed by atoms with E-state index in [4.69, 9.17) is 18.6 Å². The predicted octanol–water partition coefficient (Wildman–Crippen LogP) is 3.44. The van der Waals surface area contributed by atoms with E-state index in [0.29, 0.717) is 11.0 Å². The molecule has 0 unspecified atom stereocenters. The third-order valence-electron chi connectivity index (χ3n) is 3.76. The van der Waals surface area contributed by atoms with Crippen LogP contribution in [0.3, 0.4) is 0 Å². The number of carbonyl (C=O) groups excluding carboxylic acids is 4. The second-order valence-corrected chi connectivity index (χ2v) is 6.08. The second kappa shape index (κ2) is 7.97. The van der Waals surface area contributed by atoms with Gasteiger partial charge in [-0.2, -0.15) is 0 Å². The molecule has 0 spiro atoms. The van der Waals surface area contributed by atoms with Crippen LogP contribution in [0.15, 0.2) is 47.1 Å². The molecule has 0 saturated carbocycles. The number of benzene rings is 2. The van der Waals surface area contributed by atoms with Gasteiger partial charge in [0.15, 0.2) is 0 Å². The molecule has 0 fully saturated rings. The third kappa shape index (κ3) is 4.49. The van der Waals surface area contributed by atoms with Crippen molar-refractivity contribution < 1.29 is 37.8 Å². The number of ether oxygens (including phenoxy) is 3. The van der Waals surface area contributed by atoms with Crippen LogP contribution in [0.4, 0.5) is 0 Å². The molecule has 1 aromatic heterocycles. The van der Waals surface area contributed by atoms with Crippen molar-refractivity contribution in [3.05, 3.63) is 53.8 Å². The van der Waals surface area contributed by atoms with E-state index in [0.717, 1.165) is 0 Å². The lowest BCUT2D eigenvalue weighted by atomic mass is 10.0. The Morgan fingerprint density at radius 3 is 1.93 bits per heavy atom. The molecule has 0 aliphatic carbocycles. The lowest BCUT2D eigenvalue weighted by Crippen LogP contribution is -2.10. The van der Waals surface area contributed by atoms with Gasteiger partial charge in [0.2, 0.25) is 5.78 Å². The summed E-state index contributed by atoms with van der Waals surface area (Å²) in [5.74, 6) is -1.86. The summed E-state index contributed by atoms with van der Waals surface area (Å²) in [6.45, 7) is 3.69. The second-order valence-electron chi connectivity index (χ2n) is 6.08. The Kier molecular flexibility index (Phi) is 5.45. The molecule has 0 aliphatic rings. The first-order valence-electron chi connectivity index (χ1n) is 8.50. The molecule has 0 aliphatic heterocycles. The smallest absolute Gasteiger partial charge is 0.308 e. The molecule has 0 amide bonds. The topological polar surface area (TPSA) is 109 Å². The van der Waals surface area contributed by atoms with E-state index < -0.39 is 23.7 Å². The molecule has 0 N–H and O–H groups in total. The molecule has 29 heavy (non-hydrogen) atoms. The molecule has 8 nitrogen and oxygen atoms in total. The number of hydrogen-bond acceptors (Lipinski definition) is 8. The molecule has 0 saturated heterocycles. The maximum atomic E-state index is 13.2. The summed E-state index contributed by atoms with van der Waals surface area (Å²) < 4.78 is 20.6.